The van der Waals surface area contributed by atoms with Crippen LogP contribution in [0.3, 0.4) is 0 Å². The third-order valence-corrected chi connectivity index (χ3v) is 6.12. The Morgan fingerprint density at radius 2 is 2.14 bits per heavy atom. The predicted octanol–water partition coefficient (Wildman–Crippen LogP) is 3.74. The first kappa shape index (κ1) is 15.7. The quantitative estimate of drug-likeness (QED) is 0.845. The smallest absolute Gasteiger partial charge is 0.220 e. The van der Waals surface area contributed by atoms with Gasteiger partial charge in [-0.25, -0.2) is 0 Å². The van der Waals surface area contributed by atoms with E-state index < -0.39 is 5.60 Å². The fourth-order valence-corrected chi connectivity index (χ4v) is 4.69. The summed E-state index contributed by atoms with van der Waals surface area (Å²) in [6.45, 7) is 0.232. The fourth-order valence-electron chi connectivity index (χ4n) is 3.12. The summed E-state index contributed by atoms with van der Waals surface area (Å²) < 4.78 is 0. The van der Waals surface area contributed by atoms with Crippen molar-refractivity contribution in [2.45, 2.75) is 37.7 Å². The van der Waals surface area contributed by atoms with Crippen LogP contribution in [-0.2, 0) is 10.4 Å². The third-order valence-electron chi connectivity index (χ3n) is 4.42. The van der Waals surface area contributed by atoms with Gasteiger partial charge < -0.3 is 10.4 Å². The molecule has 1 aliphatic rings. The molecular formula is C17H21NO2S2. The number of carbonyl (C=O) groups is 1. The lowest BCUT2D eigenvalue weighted by molar-refractivity contribution is -0.122. The van der Waals surface area contributed by atoms with Gasteiger partial charge in [-0.05, 0) is 47.0 Å². The van der Waals surface area contributed by atoms with Gasteiger partial charge in [0.25, 0.3) is 0 Å². The van der Waals surface area contributed by atoms with Crippen LogP contribution in [0.1, 0.15) is 42.5 Å². The van der Waals surface area contributed by atoms with Crippen LogP contribution in [0.25, 0.3) is 0 Å². The first-order chi connectivity index (χ1) is 10.7. The van der Waals surface area contributed by atoms with E-state index in [1.54, 1.807) is 11.3 Å². The average molecular weight is 335 g/mol. The minimum atomic E-state index is -1.13. The maximum Gasteiger partial charge on any atom is 0.220 e. The molecule has 1 amide bonds. The zero-order valence-electron chi connectivity index (χ0n) is 12.5. The van der Waals surface area contributed by atoms with Crippen LogP contribution in [0.15, 0.2) is 34.3 Å². The van der Waals surface area contributed by atoms with Gasteiger partial charge in [0, 0.05) is 16.9 Å². The summed E-state index contributed by atoms with van der Waals surface area (Å²) in [4.78, 5) is 13.0. The number of rotatable bonds is 6. The number of thiophene rings is 2. The molecule has 2 heterocycles. The second kappa shape index (κ2) is 6.94. The summed E-state index contributed by atoms with van der Waals surface area (Å²) >= 11 is 3.07. The number of hydrogen-bond donors (Lipinski definition) is 2. The van der Waals surface area contributed by atoms with E-state index in [0.717, 1.165) is 23.3 Å². The van der Waals surface area contributed by atoms with Gasteiger partial charge in [-0.2, -0.15) is 11.3 Å². The Kier molecular flexibility index (Phi) is 4.96. The molecule has 3 rings (SSSR count). The summed E-state index contributed by atoms with van der Waals surface area (Å²) in [6.07, 6.45) is 5.39. The van der Waals surface area contributed by atoms with Gasteiger partial charge in [0.2, 0.25) is 5.91 Å². The molecule has 118 valence electrons. The molecule has 0 radical (unpaired) electrons. The molecule has 1 atom stereocenters. The van der Waals surface area contributed by atoms with Crippen molar-refractivity contribution in [2.75, 3.05) is 6.54 Å². The molecule has 3 nitrogen and oxygen atoms in total. The molecule has 2 N–H and O–H groups in total. The van der Waals surface area contributed by atoms with Gasteiger partial charge in [0.05, 0.1) is 6.54 Å². The number of amides is 1. The molecule has 0 spiro atoms. The largest absolute Gasteiger partial charge is 0.378 e. The lowest BCUT2D eigenvalue weighted by Gasteiger charge is -2.27. The van der Waals surface area contributed by atoms with Gasteiger partial charge in [0.1, 0.15) is 5.60 Å². The molecule has 0 bridgehead atoms. The van der Waals surface area contributed by atoms with Crippen molar-refractivity contribution in [3.8, 4) is 0 Å². The van der Waals surface area contributed by atoms with Crippen LogP contribution < -0.4 is 5.32 Å². The second-order valence-corrected chi connectivity index (χ2v) is 7.71. The summed E-state index contributed by atoms with van der Waals surface area (Å²) in [5, 5.41) is 19.9. The molecule has 2 aromatic rings. The summed E-state index contributed by atoms with van der Waals surface area (Å²) in [7, 11) is 0. The molecule has 0 aliphatic heterocycles. The van der Waals surface area contributed by atoms with Gasteiger partial charge >= 0.3 is 0 Å². The molecule has 0 aromatic carbocycles. The van der Waals surface area contributed by atoms with Crippen molar-refractivity contribution in [1.82, 2.24) is 5.32 Å². The molecule has 0 unspecified atom stereocenters. The van der Waals surface area contributed by atoms with Crippen LogP contribution >= 0.6 is 22.7 Å². The van der Waals surface area contributed by atoms with Crippen LogP contribution in [0.5, 0.6) is 0 Å². The van der Waals surface area contributed by atoms with E-state index >= 15 is 0 Å². The van der Waals surface area contributed by atoms with E-state index in [9.17, 15) is 9.90 Å². The Labute approximate surface area is 139 Å². The van der Waals surface area contributed by atoms with Crippen molar-refractivity contribution < 1.29 is 9.90 Å². The molecule has 1 aliphatic carbocycles. The zero-order valence-corrected chi connectivity index (χ0v) is 14.1. The highest BCUT2D eigenvalue weighted by Gasteiger charge is 2.33. The minimum absolute atomic E-state index is 0.0529. The van der Waals surface area contributed by atoms with E-state index in [-0.39, 0.29) is 12.5 Å². The molecule has 2 aromatic heterocycles. The zero-order chi connectivity index (χ0) is 15.4. The fraction of sp³-hybridized carbons (Fsp3) is 0.471. The minimum Gasteiger partial charge on any atom is -0.378 e. The van der Waals surface area contributed by atoms with Crippen molar-refractivity contribution >= 4 is 28.6 Å². The third kappa shape index (κ3) is 3.42. The Hall–Kier alpha value is -1.17. The molecular weight excluding hydrogens is 314 g/mol. The topological polar surface area (TPSA) is 49.3 Å². The first-order valence-corrected chi connectivity index (χ1v) is 9.56. The molecule has 0 saturated heterocycles. The maximum atomic E-state index is 12.2. The van der Waals surface area contributed by atoms with Gasteiger partial charge in [-0.15, -0.1) is 11.3 Å². The first-order valence-electron chi connectivity index (χ1n) is 7.74. The van der Waals surface area contributed by atoms with Crippen molar-refractivity contribution in [2.24, 2.45) is 5.92 Å². The molecule has 22 heavy (non-hydrogen) atoms. The van der Waals surface area contributed by atoms with Crippen molar-refractivity contribution in [3.63, 3.8) is 0 Å². The van der Waals surface area contributed by atoms with E-state index in [1.165, 1.54) is 24.2 Å². The summed E-state index contributed by atoms with van der Waals surface area (Å²) in [5.41, 5.74) is -0.277. The summed E-state index contributed by atoms with van der Waals surface area (Å²) in [5.74, 6) is 0.577. The average Bonchev–Trinajstić information content (AvgIpc) is 3.26. The highest BCUT2D eigenvalue weighted by Crippen LogP contribution is 2.34. The van der Waals surface area contributed by atoms with Gasteiger partial charge in [0.15, 0.2) is 0 Å². The van der Waals surface area contributed by atoms with Crippen molar-refractivity contribution in [1.29, 1.82) is 0 Å². The normalized spacial score (nSPS) is 18.2. The van der Waals surface area contributed by atoms with Crippen LogP contribution in [0.4, 0.5) is 0 Å². The van der Waals surface area contributed by atoms with Crippen LogP contribution in [0, 0.1) is 5.92 Å². The van der Waals surface area contributed by atoms with Gasteiger partial charge in [-0.3, -0.25) is 4.79 Å². The molecule has 1 saturated carbocycles. The van der Waals surface area contributed by atoms with Gasteiger partial charge in [-0.1, -0.05) is 18.9 Å². The standard InChI is InChI=1S/C17H21NO2S2/c19-16(10-13-4-1-2-5-13)18-12-17(20,14-7-9-21-11-14)15-6-3-8-22-15/h3,6-9,11,13,20H,1-2,4-5,10,12H2,(H,18,19)/t17-/m0/s1. The van der Waals surface area contributed by atoms with E-state index in [4.69, 9.17) is 0 Å². The van der Waals surface area contributed by atoms with E-state index in [2.05, 4.69) is 5.32 Å². The number of nitrogens with one attached hydrogen (secondary N) is 1. The lowest BCUT2D eigenvalue weighted by Crippen LogP contribution is -2.41. The highest BCUT2D eigenvalue weighted by atomic mass is 32.1. The molecule has 5 heteroatoms. The van der Waals surface area contributed by atoms with E-state index in [0.29, 0.717) is 12.3 Å². The monoisotopic (exact) mass is 335 g/mol. The second-order valence-electron chi connectivity index (χ2n) is 5.98. The predicted molar refractivity (Wildman–Crippen MR) is 91.2 cm³/mol. The van der Waals surface area contributed by atoms with Crippen LogP contribution in [0.2, 0.25) is 0 Å². The highest BCUT2D eigenvalue weighted by molar-refractivity contribution is 7.10. The Bertz CT molecular complexity index is 552. The number of carbonyl (C=O) groups excluding carboxylic acids is 1. The Morgan fingerprint density at radius 1 is 1.32 bits per heavy atom. The van der Waals surface area contributed by atoms with Crippen molar-refractivity contribution in [3.05, 3.63) is 44.8 Å². The lowest BCUT2D eigenvalue weighted by atomic mass is 9.94. The Morgan fingerprint density at radius 3 is 2.77 bits per heavy atom. The SMILES string of the molecule is O=C(CC1CCCC1)NC[C@](O)(c1ccsc1)c1cccs1. The number of aliphatic hydroxyl groups is 1. The Balaban J connectivity index is 1.67. The summed E-state index contributed by atoms with van der Waals surface area (Å²) in [6, 6.07) is 5.77. The maximum absolute atomic E-state index is 12.2. The molecule has 1 fully saturated rings. The van der Waals surface area contributed by atoms with Crippen LogP contribution in [-0.4, -0.2) is 17.6 Å². The van der Waals surface area contributed by atoms with E-state index in [1.807, 2.05) is 34.3 Å². The number of hydrogen-bond acceptors (Lipinski definition) is 4.